The first kappa shape index (κ1) is 20.6. The van der Waals surface area contributed by atoms with Crippen molar-refractivity contribution in [3.05, 3.63) is 76.5 Å². The van der Waals surface area contributed by atoms with Gasteiger partial charge in [-0.1, -0.05) is 47.5 Å². The lowest BCUT2D eigenvalue weighted by Crippen LogP contribution is -2.35. The first-order valence-electron chi connectivity index (χ1n) is 9.39. The maximum Gasteiger partial charge on any atom is 0.243 e. The normalized spacial score (nSPS) is 18.2. The van der Waals surface area contributed by atoms with Crippen LogP contribution in [0.3, 0.4) is 0 Å². The van der Waals surface area contributed by atoms with Crippen LogP contribution in [-0.2, 0) is 10.0 Å². The van der Waals surface area contributed by atoms with E-state index in [-0.39, 0.29) is 23.9 Å². The second-order valence-corrected chi connectivity index (χ2v) is 9.98. The predicted octanol–water partition coefficient (Wildman–Crippen LogP) is 3.93. The van der Waals surface area contributed by atoms with E-state index >= 15 is 0 Å². The summed E-state index contributed by atoms with van der Waals surface area (Å²) in [4.78, 5) is 0.275. The van der Waals surface area contributed by atoms with Crippen molar-refractivity contribution >= 4 is 16.1 Å². The number of benzene rings is 2. The van der Waals surface area contributed by atoms with E-state index < -0.39 is 15.6 Å². The molecule has 0 radical (unpaired) electrons. The van der Waals surface area contributed by atoms with Gasteiger partial charge in [0.25, 0.3) is 0 Å². The second kappa shape index (κ2) is 7.69. The highest BCUT2D eigenvalue weighted by Crippen LogP contribution is 2.34. The number of hydrogen-bond acceptors (Lipinski definition) is 3. The molecule has 4 nitrogen and oxygen atoms in total. The SMILES string of the molecule is Cc1ccc(S(=O)(=O)N2CC(=C=Cc3cccc(C)c3)C(C(C)(C)O)C2)cc1. The number of aryl methyl sites for hydroxylation is 2. The summed E-state index contributed by atoms with van der Waals surface area (Å²) in [6.45, 7) is 7.85. The van der Waals surface area contributed by atoms with Crippen molar-refractivity contribution in [2.75, 3.05) is 13.1 Å². The van der Waals surface area contributed by atoms with Gasteiger partial charge in [-0.15, -0.1) is 5.73 Å². The molecular weight excluding hydrogens is 370 g/mol. The number of sulfonamides is 1. The smallest absolute Gasteiger partial charge is 0.243 e. The molecule has 5 heteroatoms. The monoisotopic (exact) mass is 397 g/mol. The minimum atomic E-state index is -3.62. The lowest BCUT2D eigenvalue weighted by Gasteiger charge is -2.25. The topological polar surface area (TPSA) is 57.6 Å². The molecule has 2 aromatic rings. The second-order valence-electron chi connectivity index (χ2n) is 8.04. The third-order valence-corrected chi connectivity index (χ3v) is 6.96. The molecule has 1 fully saturated rings. The zero-order valence-electron chi connectivity index (χ0n) is 16.8. The molecule has 1 heterocycles. The summed E-state index contributed by atoms with van der Waals surface area (Å²) in [5.74, 6) is -0.311. The fourth-order valence-electron chi connectivity index (χ4n) is 3.45. The van der Waals surface area contributed by atoms with Crippen LogP contribution in [0.25, 0.3) is 6.08 Å². The van der Waals surface area contributed by atoms with Crippen molar-refractivity contribution in [3.8, 4) is 0 Å². The van der Waals surface area contributed by atoms with Crippen LogP contribution in [0, 0.1) is 19.8 Å². The van der Waals surface area contributed by atoms with Gasteiger partial charge in [-0.25, -0.2) is 8.42 Å². The molecule has 1 aliphatic rings. The van der Waals surface area contributed by atoms with Crippen molar-refractivity contribution in [2.45, 2.75) is 38.2 Å². The summed E-state index contributed by atoms with van der Waals surface area (Å²) in [5, 5.41) is 10.6. The predicted molar refractivity (Wildman–Crippen MR) is 112 cm³/mol. The van der Waals surface area contributed by atoms with Crippen molar-refractivity contribution in [1.82, 2.24) is 4.31 Å². The third-order valence-electron chi connectivity index (χ3n) is 5.13. The van der Waals surface area contributed by atoms with Gasteiger partial charge in [-0.2, -0.15) is 4.31 Å². The van der Waals surface area contributed by atoms with Crippen LogP contribution in [-0.4, -0.2) is 36.5 Å². The first-order chi connectivity index (χ1) is 13.1. The molecule has 0 aromatic heterocycles. The summed E-state index contributed by atoms with van der Waals surface area (Å²) in [6.07, 6.45) is 1.86. The maximum atomic E-state index is 13.1. The largest absolute Gasteiger partial charge is 0.390 e. The van der Waals surface area contributed by atoms with Gasteiger partial charge in [0, 0.05) is 19.0 Å². The van der Waals surface area contributed by atoms with E-state index in [0.717, 1.165) is 22.3 Å². The Kier molecular flexibility index (Phi) is 5.64. The van der Waals surface area contributed by atoms with Gasteiger partial charge >= 0.3 is 0 Å². The maximum absolute atomic E-state index is 13.1. The standard InChI is InChI=1S/C23H27NO3S/c1-17-8-12-21(13-9-17)28(26,27)24-15-20(22(16-24)23(3,4)25)11-10-19-7-5-6-18(2)14-19/h5-10,12-14,22,25H,15-16H2,1-4H3. The zero-order chi connectivity index (χ0) is 20.5. The first-order valence-corrected chi connectivity index (χ1v) is 10.8. The van der Waals surface area contributed by atoms with Crippen LogP contribution in [0.15, 0.2) is 64.7 Å². The van der Waals surface area contributed by atoms with Gasteiger partial charge < -0.3 is 5.11 Å². The Hall–Kier alpha value is -2.17. The molecule has 0 spiro atoms. The van der Waals surface area contributed by atoms with Crippen LogP contribution < -0.4 is 0 Å². The molecule has 2 aromatic carbocycles. The Morgan fingerprint density at radius 3 is 2.39 bits per heavy atom. The van der Waals surface area contributed by atoms with E-state index in [4.69, 9.17) is 0 Å². The Morgan fingerprint density at radius 1 is 1.11 bits per heavy atom. The molecule has 148 valence electrons. The van der Waals surface area contributed by atoms with Crippen molar-refractivity contribution < 1.29 is 13.5 Å². The highest BCUT2D eigenvalue weighted by molar-refractivity contribution is 7.89. The van der Waals surface area contributed by atoms with Crippen LogP contribution in [0.5, 0.6) is 0 Å². The minimum Gasteiger partial charge on any atom is -0.390 e. The number of rotatable bonds is 4. The molecule has 1 N–H and O–H groups in total. The van der Waals surface area contributed by atoms with Gasteiger partial charge in [0.2, 0.25) is 10.0 Å². The molecular formula is C23H27NO3S. The highest BCUT2D eigenvalue weighted by Gasteiger charge is 2.42. The van der Waals surface area contributed by atoms with Gasteiger partial charge in [-0.3, -0.25) is 0 Å². The molecule has 28 heavy (non-hydrogen) atoms. The summed E-state index contributed by atoms with van der Waals surface area (Å²) in [6, 6.07) is 14.9. The van der Waals surface area contributed by atoms with Crippen molar-refractivity contribution in [3.63, 3.8) is 0 Å². The molecule has 1 atom stereocenters. The highest BCUT2D eigenvalue weighted by atomic mass is 32.2. The molecule has 1 unspecified atom stereocenters. The zero-order valence-corrected chi connectivity index (χ0v) is 17.6. The molecule has 0 bridgehead atoms. The lowest BCUT2D eigenvalue weighted by atomic mass is 9.87. The van der Waals surface area contributed by atoms with E-state index in [9.17, 15) is 13.5 Å². The van der Waals surface area contributed by atoms with Crippen LogP contribution in [0.4, 0.5) is 0 Å². The average Bonchev–Trinajstić information content (AvgIpc) is 3.06. The van der Waals surface area contributed by atoms with Crippen LogP contribution >= 0.6 is 0 Å². The van der Waals surface area contributed by atoms with Crippen LogP contribution in [0.2, 0.25) is 0 Å². The van der Waals surface area contributed by atoms with E-state index in [1.54, 1.807) is 38.1 Å². The Labute approximate surface area is 167 Å². The third kappa shape index (κ3) is 4.45. The number of hydrogen-bond donors (Lipinski definition) is 1. The molecule has 3 rings (SSSR count). The quantitative estimate of drug-likeness (QED) is 0.795. The summed E-state index contributed by atoms with van der Waals surface area (Å²) >= 11 is 0. The Morgan fingerprint density at radius 2 is 1.79 bits per heavy atom. The molecule has 0 amide bonds. The molecule has 0 saturated carbocycles. The fraction of sp³-hybridized carbons (Fsp3) is 0.348. The van der Waals surface area contributed by atoms with Gasteiger partial charge in [-0.05, 0) is 57.0 Å². The summed E-state index contributed by atoms with van der Waals surface area (Å²) < 4.78 is 27.6. The fourth-order valence-corrected chi connectivity index (χ4v) is 4.89. The number of nitrogens with zero attached hydrogens (tertiary/aromatic N) is 1. The van der Waals surface area contributed by atoms with Crippen LogP contribution in [0.1, 0.15) is 30.5 Å². The Balaban J connectivity index is 1.97. The number of aliphatic hydroxyl groups is 1. The van der Waals surface area contributed by atoms with E-state index in [0.29, 0.717) is 0 Å². The average molecular weight is 398 g/mol. The molecule has 1 aliphatic heterocycles. The molecule has 1 saturated heterocycles. The Bertz CT molecular complexity index is 1020. The van der Waals surface area contributed by atoms with Gasteiger partial charge in [0.1, 0.15) is 0 Å². The minimum absolute atomic E-state index is 0.229. The van der Waals surface area contributed by atoms with Crippen molar-refractivity contribution in [2.24, 2.45) is 5.92 Å². The van der Waals surface area contributed by atoms with Crippen molar-refractivity contribution in [1.29, 1.82) is 0 Å². The summed E-state index contributed by atoms with van der Waals surface area (Å²) in [7, 11) is -3.62. The lowest BCUT2D eigenvalue weighted by molar-refractivity contribution is 0.0367. The summed E-state index contributed by atoms with van der Waals surface area (Å²) in [5.41, 5.74) is 6.18. The van der Waals surface area contributed by atoms with E-state index in [1.807, 2.05) is 44.2 Å². The molecule has 0 aliphatic carbocycles. The van der Waals surface area contributed by atoms with E-state index in [2.05, 4.69) is 5.73 Å². The van der Waals surface area contributed by atoms with Gasteiger partial charge in [0.05, 0.1) is 10.5 Å². The van der Waals surface area contributed by atoms with Gasteiger partial charge in [0.15, 0.2) is 0 Å². The van der Waals surface area contributed by atoms with E-state index in [1.165, 1.54) is 4.31 Å².